The zero-order valence-corrected chi connectivity index (χ0v) is 11.4. The first-order valence-electron chi connectivity index (χ1n) is 5.30. The highest BCUT2D eigenvalue weighted by Gasteiger charge is 2.24. The highest BCUT2D eigenvalue weighted by Crippen LogP contribution is 2.23. The summed E-state index contributed by atoms with van der Waals surface area (Å²) < 4.78 is 6.18. The maximum absolute atomic E-state index is 11.9. The van der Waals surface area contributed by atoms with E-state index < -0.39 is 0 Å². The quantitative estimate of drug-likeness (QED) is 0.932. The average Bonchev–Trinajstić information content (AvgIpc) is 2.86. The van der Waals surface area contributed by atoms with Crippen LogP contribution in [0.2, 0.25) is 0 Å². The number of ether oxygens (including phenoxy) is 1. The highest BCUT2D eigenvalue weighted by atomic mass is 79.9. The van der Waals surface area contributed by atoms with Gasteiger partial charge in [-0.15, -0.1) is 11.3 Å². The Morgan fingerprint density at radius 3 is 3.12 bits per heavy atom. The fourth-order valence-corrected chi connectivity index (χ4v) is 3.25. The Bertz CT molecular complexity index is 374. The molecule has 0 saturated carbocycles. The smallest absolute Gasteiger partial charge is 0.262 e. The van der Waals surface area contributed by atoms with Crippen molar-refractivity contribution in [3.63, 3.8) is 0 Å². The molecule has 1 N–H and O–H groups in total. The normalized spacial score (nSPS) is 22.0. The number of hydrogen-bond acceptors (Lipinski definition) is 3. The molecule has 1 fully saturated rings. The number of rotatable bonds is 3. The van der Waals surface area contributed by atoms with E-state index >= 15 is 0 Å². The standard InChI is InChI=1S/C11H14BrNO2S/c1-7(8-2-4-15-6-8)13-11(14)10-9(12)3-5-16-10/h3,5,7-8H,2,4,6H2,1H3,(H,13,14). The molecule has 5 heteroatoms. The van der Waals surface area contributed by atoms with Crippen molar-refractivity contribution < 1.29 is 9.53 Å². The van der Waals surface area contributed by atoms with Gasteiger partial charge in [-0.3, -0.25) is 4.79 Å². The molecule has 1 aromatic heterocycles. The Kier molecular flexibility index (Phi) is 4.00. The minimum atomic E-state index is 0.00118. The molecule has 3 nitrogen and oxygen atoms in total. The van der Waals surface area contributed by atoms with Crippen molar-refractivity contribution in [1.82, 2.24) is 5.32 Å². The van der Waals surface area contributed by atoms with E-state index in [1.165, 1.54) is 11.3 Å². The van der Waals surface area contributed by atoms with Gasteiger partial charge in [0, 0.05) is 23.0 Å². The third-order valence-corrected chi connectivity index (χ3v) is 4.69. The molecule has 0 bridgehead atoms. The van der Waals surface area contributed by atoms with Crippen LogP contribution in [0.4, 0.5) is 0 Å². The molecule has 1 saturated heterocycles. The predicted molar refractivity (Wildman–Crippen MR) is 67.9 cm³/mol. The molecule has 1 aliphatic rings. The Morgan fingerprint density at radius 1 is 1.75 bits per heavy atom. The number of carbonyl (C=O) groups is 1. The third kappa shape index (κ3) is 2.64. The van der Waals surface area contributed by atoms with Crippen molar-refractivity contribution in [3.8, 4) is 0 Å². The van der Waals surface area contributed by atoms with Crippen molar-refractivity contribution in [2.45, 2.75) is 19.4 Å². The van der Waals surface area contributed by atoms with E-state index in [1.807, 2.05) is 18.4 Å². The predicted octanol–water partition coefficient (Wildman–Crippen LogP) is 2.67. The van der Waals surface area contributed by atoms with Gasteiger partial charge in [-0.1, -0.05) is 0 Å². The van der Waals surface area contributed by atoms with E-state index in [9.17, 15) is 4.79 Å². The van der Waals surface area contributed by atoms with Crippen molar-refractivity contribution in [2.75, 3.05) is 13.2 Å². The van der Waals surface area contributed by atoms with Crippen LogP contribution in [0.5, 0.6) is 0 Å². The van der Waals surface area contributed by atoms with E-state index in [-0.39, 0.29) is 11.9 Å². The monoisotopic (exact) mass is 303 g/mol. The Labute approximate surface area is 107 Å². The molecule has 2 rings (SSSR count). The zero-order valence-electron chi connectivity index (χ0n) is 9.03. The molecule has 0 spiro atoms. The fraction of sp³-hybridized carbons (Fsp3) is 0.545. The van der Waals surface area contributed by atoms with Gasteiger partial charge in [0.15, 0.2) is 0 Å². The summed E-state index contributed by atoms with van der Waals surface area (Å²) in [6, 6.07) is 2.06. The molecule has 2 atom stereocenters. The summed E-state index contributed by atoms with van der Waals surface area (Å²) in [5.74, 6) is 0.448. The zero-order chi connectivity index (χ0) is 11.5. The van der Waals surface area contributed by atoms with Crippen LogP contribution < -0.4 is 5.32 Å². The summed E-state index contributed by atoms with van der Waals surface area (Å²) >= 11 is 4.82. The summed E-state index contributed by atoms with van der Waals surface area (Å²) in [7, 11) is 0. The molecule has 1 aliphatic heterocycles. The summed E-state index contributed by atoms with van der Waals surface area (Å²) in [5.41, 5.74) is 0. The average molecular weight is 304 g/mol. The van der Waals surface area contributed by atoms with Gasteiger partial charge in [-0.05, 0) is 40.7 Å². The molecule has 16 heavy (non-hydrogen) atoms. The Balaban J connectivity index is 1.94. The van der Waals surface area contributed by atoms with E-state index in [4.69, 9.17) is 4.74 Å². The van der Waals surface area contributed by atoms with Crippen LogP contribution in [0.15, 0.2) is 15.9 Å². The second kappa shape index (κ2) is 5.29. The van der Waals surface area contributed by atoms with Gasteiger partial charge in [0.1, 0.15) is 4.88 Å². The number of halogens is 1. The van der Waals surface area contributed by atoms with Gasteiger partial charge >= 0.3 is 0 Å². The summed E-state index contributed by atoms with van der Waals surface area (Å²) in [5, 5.41) is 4.93. The lowest BCUT2D eigenvalue weighted by Crippen LogP contribution is -2.38. The van der Waals surface area contributed by atoms with E-state index in [0.29, 0.717) is 5.92 Å². The SMILES string of the molecule is CC(NC(=O)c1sccc1Br)C1CCOC1. The van der Waals surface area contributed by atoms with Crippen LogP contribution >= 0.6 is 27.3 Å². The number of hydrogen-bond donors (Lipinski definition) is 1. The van der Waals surface area contributed by atoms with E-state index in [0.717, 1.165) is 29.0 Å². The van der Waals surface area contributed by atoms with Crippen molar-refractivity contribution in [2.24, 2.45) is 5.92 Å². The topological polar surface area (TPSA) is 38.3 Å². The number of thiophene rings is 1. The van der Waals surface area contributed by atoms with Crippen molar-refractivity contribution in [3.05, 3.63) is 20.8 Å². The van der Waals surface area contributed by atoms with Crippen LogP contribution in [0.1, 0.15) is 23.0 Å². The van der Waals surface area contributed by atoms with Crippen LogP contribution in [-0.4, -0.2) is 25.2 Å². The molecule has 0 aliphatic carbocycles. The van der Waals surface area contributed by atoms with Gasteiger partial charge in [-0.25, -0.2) is 0 Å². The number of carbonyl (C=O) groups excluding carboxylic acids is 1. The van der Waals surface area contributed by atoms with E-state index in [2.05, 4.69) is 21.2 Å². The lowest BCUT2D eigenvalue weighted by atomic mass is 10.0. The molecule has 88 valence electrons. The molecule has 2 unspecified atom stereocenters. The van der Waals surface area contributed by atoms with E-state index in [1.54, 1.807) is 0 Å². The minimum Gasteiger partial charge on any atom is -0.381 e. The maximum Gasteiger partial charge on any atom is 0.262 e. The molecule has 2 heterocycles. The summed E-state index contributed by atoms with van der Waals surface area (Å²) in [4.78, 5) is 12.7. The van der Waals surface area contributed by atoms with Gasteiger partial charge in [0.2, 0.25) is 0 Å². The molecular weight excluding hydrogens is 290 g/mol. The lowest BCUT2D eigenvalue weighted by molar-refractivity contribution is 0.0925. The fourth-order valence-electron chi connectivity index (χ4n) is 1.79. The third-order valence-electron chi connectivity index (χ3n) is 2.85. The maximum atomic E-state index is 11.9. The second-order valence-corrected chi connectivity index (χ2v) is 5.75. The first-order valence-corrected chi connectivity index (χ1v) is 6.97. The second-order valence-electron chi connectivity index (χ2n) is 3.98. The summed E-state index contributed by atoms with van der Waals surface area (Å²) in [6.45, 7) is 3.61. The number of nitrogens with one attached hydrogen (secondary N) is 1. The Hall–Kier alpha value is -0.390. The first-order chi connectivity index (χ1) is 7.68. The van der Waals surface area contributed by atoms with Crippen molar-refractivity contribution >= 4 is 33.2 Å². The van der Waals surface area contributed by atoms with Gasteiger partial charge in [0.05, 0.1) is 6.61 Å². The van der Waals surface area contributed by atoms with Gasteiger partial charge < -0.3 is 10.1 Å². The van der Waals surface area contributed by atoms with Gasteiger partial charge in [-0.2, -0.15) is 0 Å². The minimum absolute atomic E-state index is 0.00118. The van der Waals surface area contributed by atoms with Crippen LogP contribution in [0.3, 0.4) is 0 Å². The first kappa shape index (κ1) is 12.1. The van der Waals surface area contributed by atoms with Crippen molar-refractivity contribution in [1.29, 1.82) is 0 Å². The molecule has 1 amide bonds. The van der Waals surface area contributed by atoms with Crippen LogP contribution in [-0.2, 0) is 4.74 Å². The van der Waals surface area contributed by atoms with Crippen LogP contribution in [0.25, 0.3) is 0 Å². The summed E-state index contributed by atoms with van der Waals surface area (Å²) in [6.07, 6.45) is 1.03. The lowest BCUT2D eigenvalue weighted by Gasteiger charge is -2.18. The highest BCUT2D eigenvalue weighted by molar-refractivity contribution is 9.10. The molecule has 1 aromatic rings. The largest absolute Gasteiger partial charge is 0.381 e. The van der Waals surface area contributed by atoms with Gasteiger partial charge in [0.25, 0.3) is 5.91 Å². The Morgan fingerprint density at radius 2 is 2.56 bits per heavy atom. The molecule has 0 aromatic carbocycles. The molecular formula is C11H14BrNO2S. The van der Waals surface area contributed by atoms with Crippen LogP contribution in [0, 0.1) is 5.92 Å². The molecule has 0 radical (unpaired) electrons. The number of amides is 1.